The summed E-state index contributed by atoms with van der Waals surface area (Å²) in [7, 11) is 0. The Morgan fingerprint density at radius 2 is 1.79 bits per heavy atom. The number of carbonyl (C=O) groups excluding carboxylic acids is 1. The number of alkyl halides is 3. The molecule has 8 heteroatoms. The fourth-order valence-corrected chi connectivity index (χ4v) is 3.82. The molecule has 5 nitrogen and oxygen atoms in total. The van der Waals surface area contributed by atoms with Crippen LogP contribution in [0.25, 0.3) is 0 Å². The van der Waals surface area contributed by atoms with Gasteiger partial charge in [0.05, 0.1) is 24.3 Å². The minimum Gasteiger partial charge on any atom is -0.380 e. The van der Waals surface area contributed by atoms with E-state index in [9.17, 15) is 23.1 Å². The Hall–Kier alpha value is -2.45. The van der Waals surface area contributed by atoms with Gasteiger partial charge in [0.1, 0.15) is 5.60 Å². The first-order valence-electron chi connectivity index (χ1n) is 9.48. The van der Waals surface area contributed by atoms with Crippen molar-refractivity contribution >= 4 is 5.91 Å². The summed E-state index contributed by atoms with van der Waals surface area (Å²) in [4.78, 5) is 18.6. The number of amides is 1. The smallest absolute Gasteiger partial charge is 0.380 e. The average Bonchev–Trinajstić information content (AvgIpc) is 2.71. The largest absolute Gasteiger partial charge is 0.416 e. The van der Waals surface area contributed by atoms with Gasteiger partial charge in [-0.25, -0.2) is 0 Å². The fraction of sp³-hybridized carbons (Fsp3) is 0.429. The number of hydrogen-bond donors (Lipinski definition) is 1. The number of benzene rings is 1. The SMILES string of the molecule is O=C(c1cncc(C2(O)COC2)c1)N1CCC(c2ccc(C(F)(F)F)cc2)CC1. The lowest BCUT2D eigenvalue weighted by molar-refractivity contribution is -0.184. The van der Waals surface area contributed by atoms with Crippen LogP contribution in [-0.2, 0) is 16.5 Å². The van der Waals surface area contributed by atoms with Crippen molar-refractivity contribution in [1.82, 2.24) is 9.88 Å². The van der Waals surface area contributed by atoms with E-state index < -0.39 is 17.3 Å². The molecule has 2 aliphatic rings. The predicted molar refractivity (Wildman–Crippen MR) is 98.3 cm³/mol. The van der Waals surface area contributed by atoms with Crippen LogP contribution in [0.4, 0.5) is 13.2 Å². The summed E-state index contributed by atoms with van der Waals surface area (Å²) >= 11 is 0. The van der Waals surface area contributed by atoms with Crippen molar-refractivity contribution in [3.8, 4) is 0 Å². The topological polar surface area (TPSA) is 62.7 Å². The summed E-state index contributed by atoms with van der Waals surface area (Å²) in [5.41, 5.74) is 0.101. The molecule has 1 aromatic heterocycles. The van der Waals surface area contributed by atoms with E-state index in [2.05, 4.69) is 4.98 Å². The maximum absolute atomic E-state index is 12.8. The highest BCUT2D eigenvalue weighted by Crippen LogP contribution is 2.33. The fourth-order valence-electron chi connectivity index (χ4n) is 3.82. The Balaban J connectivity index is 1.39. The quantitative estimate of drug-likeness (QED) is 0.849. The van der Waals surface area contributed by atoms with Crippen molar-refractivity contribution in [2.45, 2.75) is 30.5 Å². The molecule has 154 valence electrons. The highest BCUT2D eigenvalue weighted by atomic mass is 19.4. The van der Waals surface area contributed by atoms with E-state index in [0.717, 1.165) is 17.7 Å². The maximum Gasteiger partial charge on any atom is 0.416 e. The number of halogens is 3. The molecule has 0 aliphatic carbocycles. The number of aromatic nitrogens is 1. The lowest BCUT2D eigenvalue weighted by Gasteiger charge is -2.37. The lowest BCUT2D eigenvalue weighted by atomic mass is 9.88. The average molecular weight is 406 g/mol. The van der Waals surface area contributed by atoms with E-state index in [-0.39, 0.29) is 25.0 Å². The molecular weight excluding hydrogens is 385 g/mol. The molecule has 0 spiro atoms. The summed E-state index contributed by atoms with van der Waals surface area (Å²) in [6.07, 6.45) is 0.0481. The number of aliphatic hydroxyl groups is 1. The number of piperidine rings is 1. The second-order valence-electron chi connectivity index (χ2n) is 7.67. The third kappa shape index (κ3) is 4.00. The number of rotatable bonds is 3. The minimum atomic E-state index is -4.34. The molecule has 3 heterocycles. The van der Waals surface area contributed by atoms with Crippen LogP contribution >= 0.6 is 0 Å². The summed E-state index contributed by atoms with van der Waals surface area (Å²) in [5, 5.41) is 10.4. The zero-order valence-electron chi connectivity index (χ0n) is 15.7. The molecule has 2 fully saturated rings. The van der Waals surface area contributed by atoms with Crippen LogP contribution in [0.2, 0.25) is 0 Å². The molecule has 0 radical (unpaired) electrons. The number of nitrogens with zero attached hydrogens (tertiary/aromatic N) is 2. The molecule has 1 N–H and O–H groups in total. The van der Waals surface area contributed by atoms with Crippen molar-refractivity contribution < 1.29 is 27.8 Å². The summed E-state index contributed by atoms with van der Waals surface area (Å²) in [6.45, 7) is 1.40. The van der Waals surface area contributed by atoms with Gasteiger partial charge >= 0.3 is 6.18 Å². The third-order valence-electron chi connectivity index (χ3n) is 5.70. The standard InChI is InChI=1S/C21H21F3N2O3/c22-21(23,24)17-3-1-14(2-4-17)15-5-7-26(8-6-15)19(27)16-9-18(11-25-10-16)20(28)12-29-13-20/h1-4,9-11,15,28H,5-8,12-13H2. The van der Waals surface area contributed by atoms with Crippen LogP contribution in [0, 0.1) is 0 Å². The van der Waals surface area contributed by atoms with Gasteiger partial charge in [-0.15, -0.1) is 0 Å². The van der Waals surface area contributed by atoms with Gasteiger partial charge in [0, 0.05) is 31.0 Å². The van der Waals surface area contributed by atoms with Crippen molar-refractivity contribution in [3.63, 3.8) is 0 Å². The van der Waals surface area contributed by atoms with E-state index in [1.165, 1.54) is 24.5 Å². The molecule has 2 saturated heterocycles. The van der Waals surface area contributed by atoms with Crippen LogP contribution in [0.15, 0.2) is 42.7 Å². The summed E-state index contributed by atoms with van der Waals surface area (Å²) in [6, 6.07) is 6.93. The molecule has 0 bridgehead atoms. The number of pyridine rings is 1. The van der Waals surface area contributed by atoms with Crippen molar-refractivity contribution in [3.05, 3.63) is 65.0 Å². The number of ether oxygens (including phenoxy) is 1. The number of hydrogen-bond acceptors (Lipinski definition) is 4. The monoisotopic (exact) mass is 406 g/mol. The van der Waals surface area contributed by atoms with Crippen molar-refractivity contribution in [2.24, 2.45) is 0 Å². The van der Waals surface area contributed by atoms with E-state index in [0.29, 0.717) is 37.1 Å². The predicted octanol–water partition coefficient (Wildman–Crippen LogP) is 3.34. The Kier molecular flexibility index (Phi) is 5.08. The Morgan fingerprint density at radius 3 is 2.34 bits per heavy atom. The molecule has 2 aliphatic heterocycles. The van der Waals surface area contributed by atoms with Gasteiger partial charge in [-0.05, 0) is 42.5 Å². The molecule has 29 heavy (non-hydrogen) atoms. The number of carbonyl (C=O) groups is 1. The zero-order valence-corrected chi connectivity index (χ0v) is 15.7. The van der Waals surface area contributed by atoms with Gasteiger partial charge in [-0.3, -0.25) is 9.78 Å². The zero-order chi connectivity index (χ0) is 20.6. The highest BCUT2D eigenvalue weighted by molar-refractivity contribution is 5.94. The first-order valence-corrected chi connectivity index (χ1v) is 9.48. The molecule has 0 saturated carbocycles. The molecule has 1 aromatic carbocycles. The molecule has 2 aromatic rings. The van der Waals surface area contributed by atoms with Gasteiger partial charge in [0.25, 0.3) is 5.91 Å². The maximum atomic E-state index is 12.8. The van der Waals surface area contributed by atoms with E-state index in [4.69, 9.17) is 4.74 Å². The summed E-state index contributed by atoms with van der Waals surface area (Å²) in [5.74, 6) is -0.0345. The number of likely N-dealkylation sites (tertiary alicyclic amines) is 1. The highest BCUT2D eigenvalue weighted by Gasteiger charge is 2.39. The van der Waals surface area contributed by atoms with Gasteiger partial charge in [-0.2, -0.15) is 13.2 Å². The second kappa shape index (κ2) is 7.42. The van der Waals surface area contributed by atoms with E-state index >= 15 is 0 Å². The molecule has 0 atom stereocenters. The van der Waals surface area contributed by atoms with Crippen molar-refractivity contribution in [1.29, 1.82) is 0 Å². The van der Waals surface area contributed by atoms with Gasteiger partial charge < -0.3 is 14.7 Å². The first kappa shape index (κ1) is 19.8. The normalized spacial score (nSPS) is 19.7. The Bertz CT molecular complexity index is 887. The Labute approximate surface area is 166 Å². The van der Waals surface area contributed by atoms with Crippen LogP contribution in [-0.4, -0.2) is 47.2 Å². The van der Waals surface area contributed by atoms with E-state index in [1.807, 2.05) is 0 Å². The third-order valence-corrected chi connectivity index (χ3v) is 5.70. The molecule has 4 rings (SSSR count). The molecule has 0 unspecified atom stereocenters. The Morgan fingerprint density at radius 1 is 1.14 bits per heavy atom. The van der Waals surface area contributed by atoms with Gasteiger partial charge in [0.15, 0.2) is 0 Å². The summed E-state index contributed by atoms with van der Waals surface area (Å²) < 4.78 is 43.2. The van der Waals surface area contributed by atoms with Gasteiger partial charge in [-0.1, -0.05) is 12.1 Å². The lowest BCUT2D eigenvalue weighted by Crippen LogP contribution is -2.46. The van der Waals surface area contributed by atoms with Crippen LogP contribution in [0.3, 0.4) is 0 Å². The first-order chi connectivity index (χ1) is 13.8. The van der Waals surface area contributed by atoms with Crippen LogP contribution in [0.5, 0.6) is 0 Å². The molecular formula is C21H21F3N2O3. The minimum absolute atomic E-state index is 0.124. The van der Waals surface area contributed by atoms with E-state index in [1.54, 1.807) is 11.0 Å². The van der Waals surface area contributed by atoms with Crippen LogP contribution < -0.4 is 0 Å². The van der Waals surface area contributed by atoms with Crippen LogP contribution in [0.1, 0.15) is 45.8 Å². The van der Waals surface area contributed by atoms with Crippen molar-refractivity contribution in [2.75, 3.05) is 26.3 Å². The second-order valence-corrected chi connectivity index (χ2v) is 7.67. The van der Waals surface area contributed by atoms with Gasteiger partial charge in [0.2, 0.25) is 0 Å². The molecule has 1 amide bonds.